The molecule has 55 heavy (non-hydrogen) atoms. The van der Waals surface area contributed by atoms with Gasteiger partial charge in [-0.05, 0) is 57.2 Å². The van der Waals surface area contributed by atoms with Gasteiger partial charge in [-0.2, -0.15) is 11.3 Å². The van der Waals surface area contributed by atoms with Gasteiger partial charge in [-0.3, -0.25) is 0 Å². The van der Waals surface area contributed by atoms with Crippen LogP contribution in [0, 0.1) is 31.3 Å². The molecule has 0 atom stereocenters. The molecule has 0 aliphatic heterocycles. The third-order valence-electron chi connectivity index (χ3n) is 9.33. The molecule has 5 heteroatoms. The van der Waals surface area contributed by atoms with Gasteiger partial charge in [0.1, 0.15) is 0 Å². The Morgan fingerprint density at radius 1 is 0.691 bits per heavy atom. The predicted octanol–water partition coefficient (Wildman–Crippen LogP) is 13.5. The van der Waals surface area contributed by atoms with E-state index in [2.05, 4.69) is 114 Å². The third kappa shape index (κ3) is 9.27. The number of pyridine rings is 2. The quantitative estimate of drug-likeness (QED) is 0.123. The van der Waals surface area contributed by atoms with Crippen LogP contribution in [0.4, 0.5) is 0 Å². The summed E-state index contributed by atoms with van der Waals surface area (Å²) < 4.78 is 45.2. The van der Waals surface area contributed by atoms with Crippen molar-refractivity contribution in [1.82, 2.24) is 9.97 Å². The number of fused-ring (bicyclic) bond motifs is 3. The second kappa shape index (κ2) is 16.9. The van der Waals surface area contributed by atoms with E-state index in [1.54, 1.807) is 38.2 Å². The van der Waals surface area contributed by atoms with Crippen LogP contribution in [0.1, 0.15) is 44.3 Å². The second-order valence-corrected chi connectivity index (χ2v) is 27.3. The number of hydrogen-bond acceptors (Lipinski definition) is 3. The summed E-state index contributed by atoms with van der Waals surface area (Å²) in [6.07, 6.45) is 1.53. The molecule has 1 radical (unpaired) electrons. The zero-order valence-corrected chi connectivity index (χ0v) is 37.6. The first-order valence-electron chi connectivity index (χ1n) is 20.8. The Kier molecular flexibility index (Phi) is 10.5. The molecule has 0 saturated heterocycles. The molecule has 279 valence electrons. The van der Waals surface area contributed by atoms with Crippen LogP contribution in [0.15, 0.2) is 134 Å². The average molecular weight is 979 g/mol. The maximum Gasteiger partial charge on any atom is 0.0321 e. The molecule has 0 aliphatic rings. The fourth-order valence-electron chi connectivity index (χ4n) is 6.83. The monoisotopic (exact) mass is 980 g/mol. The molecule has 0 aliphatic carbocycles. The fraction of sp³-hybridized carbons (Fsp3) is 0.200. The summed E-state index contributed by atoms with van der Waals surface area (Å²) in [5, 5.41) is 2.21. The number of nitrogens with zero attached hydrogens (tertiary/aromatic N) is 2. The summed E-state index contributed by atoms with van der Waals surface area (Å²) in [5.41, 5.74) is 8.69. The van der Waals surface area contributed by atoms with Gasteiger partial charge in [0.25, 0.3) is 0 Å². The maximum absolute atomic E-state index is 8.84. The molecule has 0 fully saturated rings. The van der Waals surface area contributed by atoms with Crippen LogP contribution in [0.2, 0.25) is 17.3 Å². The molecule has 0 bridgehead atoms. The van der Waals surface area contributed by atoms with Gasteiger partial charge in [-0.1, -0.05) is 80.3 Å². The van der Waals surface area contributed by atoms with Crippen LogP contribution >= 0.6 is 11.3 Å². The van der Waals surface area contributed by atoms with Crippen LogP contribution in [0.3, 0.4) is 0 Å². The molecule has 3 aromatic heterocycles. The molecular formula is C50H48GeIrN2S-2. The first-order chi connectivity index (χ1) is 27.8. The van der Waals surface area contributed by atoms with Gasteiger partial charge < -0.3 is 4.98 Å². The molecule has 8 rings (SSSR count). The summed E-state index contributed by atoms with van der Waals surface area (Å²) in [5.74, 6) is 7.23. The Balaban J connectivity index is 0.000000218. The van der Waals surface area contributed by atoms with E-state index in [0.717, 1.165) is 48.1 Å². The molecule has 0 N–H and O–H groups in total. The fourth-order valence-corrected chi connectivity index (χ4v) is 11.7. The second-order valence-electron chi connectivity index (χ2n) is 15.7. The van der Waals surface area contributed by atoms with E-state index in [1.807, 2.05) is 48.5 Å². The first-order valence-corrected chi connectivity index (χ1v) is 26.5. The van der Waals surface area contributed by atoms with E-state index in [9.17, 15) is 0 Å². The standard InChI is InChI=1S/C29H26NS.C21H22GeN.Ir/c1-19-18-30-26(15-22(19)17-29(2,3)4)25-12-8-11-24-23-14-13-21(16-27(23)31-28(24)25)20-9-6-5-7-10-20;1-16-14-21(23-15-20(16)22(2,3)4)19-13-9-8-12-18(19)17-10-6-5-7-11-17;/h5-11,13-16,18H,17H2,1-4H3;5-12,14-15H,1-4H3;/q2*-1;/i1D3,17D2;;. The third-order valence-corrected chi connectivity index (χ3v) is 15.0. The van der Waals surface area contributed by atoms with Gasteiger partial charge in [0.15, 0.2) is 0 Å². The molecular weight excluding hydrogens is 925 g/mol. The van der Waals surface area contributed by atoms with Gasteiger partial charge in [-0.25, -0.2) is 0 Å². The van der Waals surface area contributed by atoms with E-state index in [4.69, 9.17) is 11.8 Å². The average Bonchev–Trinajstić information content (AvgIpc) is 3.58. The molecule has 0 saturated carbocycles. The van der Waals surface area contributed by atoms with Crippen LogP contribution < -0.4 is 4.40 Å². The first kappa shape index (κ1) is 34.1. The van der Waals surface area contributed by atoms with E-state index in [1.165, 1.54) is 27.3 Å². The summed E-state index contributed by atoms with van der Waals surface area (Å²) in [6, 6.07) is 47.7. The van der Waals surface area contributed by atoms with Crippen LogP contribution in [0.25, 0.3) is 64.9 Å². The van der Waals surface area contributed by atoms with Crippen molar-refractivity contribution in [2.24, 2.45) is 5.41 Å². The van der Waals surface area contributed by atoms with Crippen LogP contribution in [-0.2, 0) is 26.5 Å². The number of aromatic nitrogens is 2. The molecule has 0 amide bonds. The zero-order valence-electron chi connectivity index (χ0n) is 37.3. The van der Waals surface area contributed by atoms with Crippen molar-refractivity contribution in [1.29, 1.82) is 0 Å². The van der Waals surface area contributed by atoms with E-state index >= 15 is 0 Å². The minimum atomic E-state index is -2.47. The Morgan fingerprint density at radius 3 is 2.04 bits per heavy atom. The van der Waals surface area contributed by atoms with Gasteiger partial charge in [0.05, 0.1) is 0 Å². The number of rotatable bonds is 6. The number of hydrogen-bond donors (Lipinski definition) is 0. The molecule has 3 heterocycles. The smallest absolute Gasteiger partial charge is 0.0321 e. The van der Waals surface area contributed by atoms with Crippen molar-refractivity contribution < 1.29 is 27.0 Å². The summed E-state index contributed by atoms with van der Waals surface area (Å²) in [4.78, 5) is 9.28. The number of aryl methyl sites for hydroxylation is 2. The minimum Gasteiger partial charge on any atom is -0.304 e. The Bertz CT molecular complexity index is 2770. The normalized spacial score (nSPS) is 13.4. The van der Waals surface area contributed by atoms with Crippen molar-refractivity contribution in [3.05, 3.63) is 163 Å². The largest absolute Gasteiger partial charge is 0.304 e. The van der Waals surface area contributed by atoms with Gasteiger partial charge in [0.2, 0.25) is 0 Å². The van der Waals surface area contributed by atoms with Crippen molar-refractivity contribution in [3.8, 4) is 44.8 Å². The van der Waals surface area contributed by atoms with Gasteiger partial charge >= 0.3 is 142 Å². The SMILES string of the molecule is Cc1cc(-c2[c-]cccc2-c2ccccc2)nc[c]1[Ge]([CH3])([CH3])[CH3].[2H]C([2H])([2H])c1cnc(-c2[c-]ccc3c2sc2cc(-c4ccccc4)ccc23)cc1C([2H])([2H])C(C)(C)C.[Ir]. The summed E-state index contributed by atoms with van der Waals surface area (Å²) in [7, 11) is 0. The Labute approximate surface area is 354 Å². The Hall–Kier alpha value is -4.19. The van der Waals surface area contributed by atoms with Crippen LogP contribution in [0.5, 0.6) is 0 Å². The van der Waals surface area contributed by atoms with E-state index < -0.39 is 31.9 Å². The minimum absolute atomic E-state index is 0. The van der Waals surface area contributed by atoms with Crippen molar-refractivity contribution in [3.63, 3.8) is 0 Å². The van der Waals surface area contributed by atoms with Crippen molar-refractivity contribution >= 4 is 49.2 Å². The molecule has 8 aromatic rings. The van der Waals surface area contributed by atoms with Gasteiger partial charge in [0, 0.05) is 37.9 Å². The van der Waals surface area contributed by atoms with Crippen LogP contribution in [-0.4, -0.2) is 23.2 Å². The van der Waals surface area contributed by atoms with Crippen molar-refractivity contribution in [2.75, 3.05) is 0 Å². The maximum atomic E-state index is 8.84. The number of benzene rings is 5. The number of thiophene rings is 1. The molecule has 0 spiro atoms. The molecule has 0 unspecified atom stereocenters. The summed E-state index contributed by atoms with van der Waals surface area (Å²) >= 11 is -0.219. The topological polar surface area (TPSA) is 25.8 Å². The molecule has 5 aromatic carbocycles. The zero-order chi connectivity index (χ0) is 42.3. The van der Waals surface area contributed by atoms with Gasteiger partial charge in [-0.15, -0.1) is 23.8 Å². The van der Waals surface area contributed by atoms with Crippen molar-refractivity contribution in [2.45, 2.75) is 58.2 Å². The predicted molar refractivity (Wildman–Crippen MR) is 236 cm³/mol. The molecule has 2 nitrogen and oxygen atoms in total. The van der Waals surface area contributed by atoms with E-state index in [-0.39, 0.29) is 31.2 Å². The Morgan fingerprint density at radius 2 is 1.36 bits per heavy atom. The summed E-state index contributed by atoms with van der Waals surface area (Å²) in [6.45, 7) is 5.07. The van der Waals surface area contributed by atoms with E-state index in [0.29, 0.717) is 5.69 Å².